The average Bonchev–Trinajstić information content (AvgIpc) is 2.77. The number of fused-ring (bicyclic) bond motifs is 1. The van der Waals surface area contributed by atoms with Crippen LogP contribution in [-0.2, 0) is 18.9 Å². The lowest BCUT2D eigenvalue weighted by Gasteiger charge is -2.31. The van der Waals surface area contributed by atoms with Gasteiger partial charge in [-0.2, -0.15) is 0 Å². The predicted octanol–water partition coefficient (Wildman–Crippen LogP) is 3.91. The highest BCUT2D eigenvalue weighted by Crippen LogP contribution is 2.29. The third-order valence-electron chi connectivity index (χ3n) is 3.53. The molecule has 0 bridgehead atoms. The molecule has 2 aliphatic rings. The first-order chi connectivity index (χ1) is 10.7. The Hall–Kier alpha value is -0.560. The molecule has 0 aromatic heterocycles. The summed E-state index contributed by atoms with van der Waals surface area (Å²) >= 11 is 1.20. The van der Waals surface area contributed by atoms with E-state index in [1.54, 1.807) is 0 Å². The number of carbonyl (C=O) groups is 1. The van der Waals surface area contributed by atoms with E-state index in [1.807, 2.05) is 46.8 Å². The van der Waals surface area contributed by atoms with E-state index in [9.17, 15) is 4.79 Å². The van der Waals surface area contributed by atoms with E-state index in [1.165, 1.54) is 11.8 Å². The summed E-state index contributed by atoms with van der Waals surface area (Å²) in [5.41, 5.74) is -0.247. The summed E-state index contributed by atoms with van der Waals surface area (Å²) in [7, 11) is 0. The Labute approximate surface area is 143 Å². The van der Waals surface area contributed by atoms with Crippen LogP contribution in [0, 0.1) is 0 Å². The molecule has 5 nitrogen and oxygen atoms in total. The van der Waals surface area contributed by atoms with Crippen LogP contribution in [-0.4, -0.2) is 47.4 Å². The second-order valence-corrected chi connectivity index (χ2v) is 8.74. The first-order valence-electron chi connectivity index (χ1n) is 8.19. The molecule has 0 aromatic carbocycles. The molecule has 0 aromatic rings. The monoisotopic (exact) mass is 344 g/mol. The molecule has 0 saturated carbocycles. The van der Waals surface area contributed by atoms with E-state index < -0.39 is 0 Å². The lowest BCUT2D eigenvalue weighted by atomic mass is 9.96. The van der Waals surface area contributed by atoms with Crippen molar-refractivity contribution in [1.29, 1.82) is 0 Å². The zero-order chi connectivity index (χ0) is 17.0. The van der Waals surface area contributed by atoms with Gasteiger partial charge >= 0.3 is 5.30 Å². The molecule has 4 unspecified atom stereocenters. The summed E-state index contributed by atoms with van der Waals surface area (Å²) in [5.74, 6) is 0. The molecule has 6 heteroatoms. The number of hydrogen-bond acceptors (Lipinski definition) is 6. The van der Waals surface area contributed by atoms with Gasteiger partial charge in [0.1, 0.15) is 12.9 Å². The van der Waals surface area contributed by atoms with Gasteiger partial charge < -0.3 is 18.9 Å². The standard InChI is InChI=1S/C17H28O5S/c1-11(2)23-16(18)21-12-6-7-13(22-17(3,4)5)9-15-14(8-12)19-10-20-15/h6-7,11-15H,8-10H2,1-5H3/b7-6+. The molecule has 23 heavy (non-hydrogen) atoms. The molecule has 1 aliphatic carbocycles. The maximum absolute atomic E-state index is 11.9. The average molecular weight is 344 g/mol. The van der Waals surface area contributed by atoms with Crippen molar-refractivity contribution in [2.24, 2.45) is 0 Å². The third-order valence-corrected chi connectivity index (χ3v) is 4.29. The Morgan fingerprint density at radius 1 is 1.13 bits per heavy atom. The zero-order valence-corrected chi connectivity index (χ0v) is 15.4. The van der Waals surface area contributed by atoms with Crippen molar-refractivity contribution < 1.29 is 23.7 Å². The second-order valence-electron chi connectivity index (χ2n) is 7.23. The summed E-state index contributed by atoms with van der Waals surface area (Å²) in [5, 5.41) is -0.0465. The maximum Gasteiger partial charge on any atom is 0.368 e. The van der Waals surface area contributed by atoms with Crippen molar-refractivity contribution in [3.63, 3.8) is 0 Å². The first-order valence-corrected chi connectivity index (χ1v) is 9.07. The van der Waals surface area contributed by atoms with Crippen molar-refractivity contribution in [3.8, 4) is 0 Å². The molecule has 1 fully saturated rings. The molecule has 0 amide bonds. The first kappa shape index (κ1) is 18.8. The highest BCUT2D eigenvalue weighted by Gasteiger charge is 2.36. The van der Waals surface area contributed by atoms with Gasteiger partial charge in [0.25, 0.3) is 0 Å². The van der Waals surface area contributed by atoms with Crippen molar-refractivity contribution in [1.82, 2.24) is 0 Å². The molecule has 1 saturated heterocycles. The summed E-state index contributed by atoms with van der Waals surface area (Å²) in [6, 6.07) is 0. The molecule has 4 atom stereocenters. The van der Waals surface area contributed by atoms with Crippen LogP contribution in [0.5, 0.6) is 0 Å². The fourth-order valence-electron chi connectivity index (χ4n) is 2.70. The van der Waals surface area contributed by atoms with Crippen LogP contribution in [0.25, 0.3) is 0 Å². The Kier molecular flexibility index (Phi) is 6.54. The molecule has 2 rings (SSSR count). The van der Waals surface area contributed by atoms with Gasteiger partial charge in [-0.25, -0.2) is 4.79 Å². The van der Waals surface area contributed by atoms with Gasteiger partial charge in [0.15, 0.2) is 0 Å². The maximum atomic E-state index is 11.9. The van der Waals surface area contributed by atoms with Gasteiger partial charge in [0.2, 0.25) is 0 Å². The smallest absolute Gasteiger partial charge is 0.368 e. The van der Waals surface area contributed by atoms with Crippen LogP contribution in [0.4, 0.5) is 4.79 Å². The lowest BCUT2D eigenvalue weighted by molar-refractivity contribution is -0.0613. The highest BCUT2D eigenvalue weighted by atomic mass is 32.2. The molecule has 132 valence electrons. The SMILES string of the molecule is CC(C)SC(=O)OC1/C=C/C(OC(C)(C)C)CC2OCOC2C1. The van der Waals surface area contributed by atoms with E-state index in [4.69, 9.17) is 18.9 Å². The minimum Gasteiger partial charge on any atom is -0.450 e. The Balaban J connectivity index is 2.05. The third kappa shape index (κ3) is 6.45. The largest absolute Gasteiger partial charge is 0.450 e. The molecule has 0 spiro atoms. The number of hydrogen-bond donors (Lipinski definition) is 0. The van der Waals surface area contributed by atoms with Crippen LogP contribution < -0.4 is 0 Å². The fraction of sp³-hybridized carbons (Fsp3) is 0.824. The van der Waals surface area contributed by atoms with Crippen molar-refractivity contribution >= 4 is 17.1 Å². The Morgan fingerprint density at radius 3 is 2.26 bits per heavy atom. The van der Waals surface area contributed by atoms with Crippen molar-refractivity contribution in [2.45, 2.75) is 82.7 Å². The second kappa shape index (κ2) is 8.01. The van der Waals surface area contributed by atoms with Crippen molar-refractivity contribution in [3.05, 3.63) is 12.2 Å². The fourth-order valence-corrected chi connectivity index (χ4v) is 3.27. The van der Waals surface area contributed by atoms with E-state index in [0.29, 0.717) is 13.2 Å². The Morgan fingerprint density at radius 2 is 1.70 bits per heavy atom. The topological polar surface area (TPSA) is 54.0 Å². The van der Waals surface area contributed by atoms with Crippen molar-refractivity contribution in [2.75, 3.05) is 6.79 Å². The van der Waals surface area contributed by atoms with E-state index in [-0.39, 0.29) is 40.6 Å². The van der Waals surface area contributed by atoms with Crippen LogP contribution in [0.3, 0.4) is 0 Å². The molecule has 1 aliphatic heterocycles. The molecule has 0 N–H and O–H groups in total. The molecular weight excluding hydrogens is 316 g/mol. The minimum absolute atomic E-state index is 0.0220. The van der Waals surface area contributed by atoms with Gasteiger partial charge in [-0.3, -0.25) is 0 Å². The number of rotatable bonds is 3. The van der Waals surface area contributed by atoms with Gasteiger partial charge in [-0.15, -0.1) is 0 Å². The summed E-state index contributed by atoms with van der Waals surface area (Å²) in [6.45, 7) is 10.3. The number of thioether (sulfide) groups is 1. The predicted molar refractivity (Wildman–Crippen MR) is 90.6 cm³/mol. The zero-order valence-electron chi connectivity index (χ0n) is 14.6. The molecule has 0 radical (unpaired) electrons. The lowest BCUT2D eigenvalue weighted by Crippen LogP contribution is -2.36. The van der Waals surface area contributed by atoms with Gasteiger partial charge in [0.05, 0.1) is 23.9 Å². The van der Waals surface area contributed by atoms with Crippen LogP contribution >= 0.6 is 11.8 Å². The minimum atomic E-state index is -0.311. The van der Waals surface area contributed by atoms with Gasteiger partial charge in [-0.05, 0) is 38.6 Å². The number of ether oxygens (including phenoxy) is 4. The highest BCUT2D eigenvalue weighted by molar-refractivity contribution is 8.13. The quantitative estimate of drug-likeness (QED) is 0.571. The van der Waals surface area contributed by atoms with Crippen LogP contribution in [0.15, 0.2) is 12.2 Å². The summed E-state index contributed by atoms with van der Waals surface area (Å²) in [4.78, 5) is 11.9. The number of carbonyl (C=O) groups excluding carboxylic acids is 1. The Bertz CT molecular complexity index is 429. The molecule has 1 heterocycles. The molecular formula is C17H28O5S. The van der Waals surface area contributed by atoms with E-state index in [2.05, 4.69) is 0 Å². The summed E-state index contributed by atoms with van der Waals surface area (Å²) < 4.78 is 23.0. The van der Waals surface area contributed by atoms with Gasteiger partial charge in [0, 0.05) is 18.1 Å². The van der Waals surface area contributed by atoms with E-state index >= 15 is 0 Å². The van der Waals surface area contributed by atoms with Gasteiger partial charge in [-0.1, -0.05) is 19.9 Å². The normalized spacial score (nSPS) is 33.0. The summed E-state index contributed by atoms with van der Waals surface area (Å²) in [6.07, 6.45) is 4.80. The van der Waals surface area contributed by atoms with Crippen LogP contribution in [0.2, 0.25) is 0 Å². The van der Waals surface area contributed by atoms with Crippen LogP contribution in [0.1, 0.15) is 47.5 Å². The van der Waals surface area contributed by atoms with E-state index in [0.717, 1.165) is 6.42 Å².